The van der Waals surface area contributed by atoms with Gasteiger partial charge in [-0.2, -0.15) is 0 Å². The lowest BCUT2D eigenvalue weighted by Crippen LogP contribution is -2.25. The van der Waals surface area contributed by atoms with Crippen LogP contribution in [0.3, 0.4) is 0 Å². The molecular weight excluding hydrogens is 292 g/mol. The van der Waals surface area contributed by atoms with Crippen LogP contribution in [0.1, 0.15) is 38.3 Å². The zero-order valence-electron chi connectivity index (χ0n) is 12.5. The topological polar surface area (TPSA) is 71.4 Å². The molecule has 0 atom stereocenters. The largest absolute Gasteiger partial charge is 0.507 e. The molecule has 0 unspecified atom stereocenters. The highest BCUT2D eigenvalue weighted by Crippen LogP contribution is 2.29. The lowest BCUT2D eigenvalue weighted by Gasteiger charge is -2.17. The van der Waals surface area contributed by atoms with E-state index in [0.717, 1.165) is 5.56 Å². The minimum absolute atomic E-state index is 0.140. The SMILES string of the molecule is Cc1ccc(C(=O)CC2=C(O)c3ccccc3C(=O)C2=O)cc1. The number of benzene rings is 2. The van der Waals surface area contributed by atoms with E-state index < -0.39 is 11.6 Å². The third-order valence-corrected chi connectivity index (χ3v) is 3.90. The maximum absolute atomic E-state index is 12.3. The van der Waals surface area contributed by atoms with E-state index in [9.17, 15) is 19.5 Å². The van der Waals surface area contributed by atoms with Crippen molar-refractivity contribution in [2.75, 3.05) is 0 Å². The summed E-state index contributed by atoms with van der Waals surface area (Å²) < 4.78 is 0. The van der Waals surface area contributed by atoms with E-state index in [4.69, 9.17) is 0 Å². The fourth-order valence-corrected chi connectivity index (χ4v) is 2.58. The Kier molecular flexibility index (Phi) is 3.66. The fraction of sp³-hybridized carbons (Fsp3) is 0.105. The zero-order chi connectivity index (χ0) is 16.6. The lowest BCUT2D eigenvalue weighted by molar-refractivity contribution is -0.112. The number of allylic oxidation sites excluding steroid dienone is 1. The second-order valence-corrected chi connectivity index (χ2v) is 5.50. The smallest absolute Gasteiger partial charge is 0.234 e. The molecule has 4 nitrogen and oxygen atoms in total. The van der Waals surface area contributed by atoms with E-state index in [-0.39, 0.29) is 29.1 Å². The molecule has 0 saturated heterocycles. The van der Waals surface area contributed by atoms with Gasteiger partial charge in [-0.05, 0) is 6.92 Å². The number of rotatable bonds is 3. The van der Waals surface area contributed by atoms with Crippen molar-refractivity contribution in [1.29, 1.82) is 0 Å². The molecule has 0 heterocycles. The van der Waals surface area contributed by atoms with E-state index in [2.05, 4.69) is 0 Å². The number of carbonyl (C=O) groups excluding carboxylic acids is 3. The van der Waals surface area contributed by atoms with E-state index in [1.54, 1.807) is 42.5 Å². The molecular formula is C19H14O4. The van der Waals surface area contributed by atoms with Crippen molar-refractivity contribution < 1.29 is 19.5 Å². The first kappa shape index (κ1) is 14.9. The van der Waals surface area contributed by atoms with Gasteiger partial charge in [-0.3, -0.25) is 14.4 Å². The number of hydrogen-bond donors (Lipinski definition) is 1. The van der Waals surface area contributed by atoms with E-state index in [1.807, 2.05) is 6.92 Å². The first-order valence-electron chi connectivity index (χ1n) is 7.19. The normalized spacial score (nSPS) is 14.0. The number of carbonyl (C=O) groups is 3. The molecule has 0 bridgehead atoms. The monoisotopic (exact) mass is 306 g/mol. The molecule has 114 valence electrons. The highest BCUT2D eigenvalue weighted by molar-refractivity contribution is 6.52. The Bertz CT molecular complexity index is 857. The summed E-state index contributed by atoms with van der Waals surface area (Å²) in [5.74, 6) is -2.11. The minimum Gasteiger partial charge on any atom is -0.507 e. The highest BCUT2D eigenvalue weighted by atomic mass is 16.3. The maximum Gasteiger partial charge on any atom is 0.234 e. The molecule has 1 aliphatic rings. The second kappa shape index (κ2) is 5.65. The summed E-state index contributed by atoms with van der Waals surface area (Å²) in [6, 6.07) is 13.3. The molecule has 0 aliphatic heterocycles. The number of aliphatic hydroxyl groups excluding tert-OH is 1. The molecule has 0 aromatic heterocycles. The molecule has 0 radical (unpaired) electrons. The van der Waals surface area contributed by atoms with Crippen LogP contribution >= 0.6 is 0 Å². The van der Waals surface area contributed by atoms with Gasteiger partial charge in [0.1, 0.15) is 5.76 Å². The molecule has 2 aromatic carbocycles. The average Bonchev–Trinajstić information content (AvgIpc) is 2.57. The molecule has 3 rings (SSSR count). The highest BCUT2D eigenvalue weighted by Gasteiger charge is 2.33. The van der Waals surface area contributed by atoms with Crippen molar-refractivity contribution in [3.63, 3.8) is 0 Å². The van der Waals surface area contributed by atoms with Gasteiger partial charge >= 0.3 is 0 Å². The van der Waals surface area contributed by atoms with Gasteiger partial charge in [0.15, 0.2) is 5.78 Å². The summed E-state index contributed by atoms with van der Waals surface area (Å²) in [6.07, 6.45) is -0.298. The van der Waals surface area contributed by atoms with Crippen molar-refractivity contribution in [2.24, 2.45) is 0 Å². The van der Waals surface area contributed by atoms with E-state index >= 15 is 0 Å². The number of fused-ring (bicyclic) bond motifs is 1. The standard InChI is InChI=1S/C19H14O4/c1-11-6-8-12(9-7-11)16(20)10-15-17(21)13-4-2-3-5-14(13)18(22)19(15)23/h2-9,21H,10H2,1H3. The minimum atomic E-state index is -0.818. The van der Waals surface area contributed by atoms with Crippen molar-refractivity contribution in [2.45, 2.75) is 13.3 Å². The van der Waals surface area contributed by atoms with Crippen molar-refractivity contribution in [3.8, 4) is 0 Å². The summed E-state index contributed by atoms with van der Waals surface area (Å²) in [7, 11) is 0. The predicted molar refractivity (Wildman–Crippen MR) is 85.5 cm³/mol. The molecule has 23 heavy (non-hydrogen) atoms. The van der Waals surface area contributed by atoms with Crippen molar-refractivity contribution in [1.82, 2.24) is 0 Å². The number of aryl methyl sites for hydroxylation is 1. The number of ketones is 3. The van der Waals surface area contributed by atoms with Gasteiger partial charge < -0.3 is 5.11 Å². The predicted octanol–water partition coefficient (Wildman–Crippen LogP) is 3.30. The molecule has 0 fully saturated rings. The van der Waals surface area contributed by atoms with Gasteiger partial charge in [-0.15, -0.1) is 0 Å². The molecule has 2 aromatic rings. The van der Waals surface area contributed by atoms with Crippen LogP contribution in [0.2, 0.25) is 0 Å². The fourth-order valence-electron chi connectivity index (χ4n) is 2.58. The third kappa shape index (κ3) is 2.59. The van der Waals surface area contributed by atoms with Crippen LogP contribution in [-0.4, -0.2) is 22.5 Å². The van der Waals surface area contributed by atoms with Gasteiger partial charge in [-0.1, -0.05) is 54.1 Å². The van der Waals surface area contributed by atoms with Crippen LogP contribution in [0.15, 0.2) is 54.1 Å². The second-order valence-electron chi connectivity index (χ2n) is 5.50. The summed E-state index contributed by atoms with van der Waals surface area (Å²) >= 11 is 0. The van der Waals surface area contributed by atoms with Crippen LogP contribution in [0.4, 0.5) is 0 Å². The number of hydrogen-bond acceptors (Lipinski definition) is 4. The van der Waals surface area contributed by atoms with Crippen molar-refractivity contribution >= 4 is 23.1 Å². The third-order valence-electron chi connectivity index (χ3n) is 3.90. The molecule has 1 aliphatic carbocycles. The van der Waals surface area contributed by atoms with E-state index in [1.165, 1.54) is 6.07 Å². The van der Waals surface area contributed by atoms with Crippen LogP contribution in [0.25, 0.3) is 5.76 Å². The van der Waals surface area contributed by atoms with Gasteiger partial charge in [0.05, 0.1) is 5.57 Å². The molecule has 0 spiro atoms. The van der Waals surface area contributed by atoms with E-state index in [0.29, 0.717) is 11.1 Å². The molecule has 1 N–H and O–H groups in total. The van der Waals surface area contributed by atoms with Crippen molar-refractivity contribution in [3.05, 3.63) is 76.4 Å². The summed E-state index contributed by atoms with van der Waals surface area (Å²) in [5.41, 5.74) is 1.78. The summed E-state index contributed by atoms with van der Waals surface area (Å²) in [4.78, 5) is 36.7. The molecule has 4 heteroatoms. The Morgan fingerprint density at radius 3 is 2.17 bits per heavy atom. The summed E-state index contributed by atoms with van der Waals surface area (Å²) in [6.45, 7) is 1.91. The Labute approximate surface area is 133 Å². The quantitative estimate of drug-likeness (QED) is 0.697. The Morgan fingerprint density at radius 2 is 1.52 bits per heavy atom. The molecule has 0 amide bonds. The van der Waals surface area contributed by atoms with Crippen LogP contribution < -0.4 is 0 Å². The molecule has 0 saturated carbocycles. The Morgan fingerprint density at radius 1 is 0.913 bits per heavy atom. The van der Waals surface area contributed by atoms with Crippen LogP contribution in [0.5, 0.6) is 0 Å². The lowest BCUT2D eigenvalue weighted by atomic mass is 9.85. The first-order chi connectivity index (χ1) is 11.0. The van der Waals surface area contributed by atoms with Gasteiger partial charge in [0.25, 0.3) is 0 Å². The van der Waals surface area contributed by atoms with Crippen LogP contribution in [0, 0.1) is 6.92 Å². The average molecular weight is 306 g/mol. The Balaban J connectivity index is 1.99. The number of Topliss-reactive ketones (excluding diaryl/α,β-unsaturated/α-hetero) is 3. The number of aliphatic hydroxyl groups is 1. The van der Waals surface area contributed by atoms with Gasteiger partial charge in [-0.25, -0.2) is 0 Å². The summed E-state index contributed by atoms with van der Waals surface area (Å²) in [5, 5.41) is 10.3. The zero-order valence-corrected chi connectivity index (χ0v) is 12.5. The first-order valence-corrected chi connectivity index (χ1v) is 7.19. The Hall–Kier alpha value is -3.01. The van der Waals surface area contributed by atoms with Gasteiger partial charge in [0, 0.05) is 23.1 Å². The van der Waals surface area contributed by atoms with Gasteiger partial charge in [0.2, 0.25) is 11.6 Å². The maximum atomic E-state index is 12.3. The van der Waals surface area contributed by atoms with Crippen LogP contribution in [-0.2, 0) is 4.79 Å².